The third kappa shape index (κ3) is 1.58. The van der Waals surface area contributed by atoms with E-state index in [1.807, 2.05) is 13.2 Å². The molecule has 0 bridgehead atoms. The summed E-state index contributed by atoms with van der Waals surface area (Å²) in [6.07, 6.45) is 3.57. The maximum atomic E-state index is 3.93. The first kappa shape index (κ1) is 6.37. The number of hydrogen-bond donors (Lipinski definition) is 0. The van der Waals surface area contributed by atoms with Gasteiger partial charge in [-0.2, -0.15) is 5.10 Å². The topological polar surface area (TPSA) is 17.8 Å². The third-order valence-electron chi connectivity index (χ3n) is 0.896. The van der Waals surface area contributed by atoms with Crippen molar-refractivity contribution in [2.24, 2.45) is 7.05 Å². The van der Waals surface area contributed by atoms with Gasteiger partial charge in [0, 0.05) is 29.2 Å². The summed E-state index contributed by atoms with van der Waals surface area (Å²) in [5.41, 5.74) is 0.925. The Kier molecular flexibility index (Phi) is 1.91. The van der Waals surface area contributed by atoms with Gasteiger partial charge in [0.1, 0.15) is 0 Å². The molecule has 0 N–H and O–H groups in total. The molecule has 0 saturated heterocycles. The molecule has 0 aromatic carbocycles. The van der Waals surface area contributed by atoms with Gasteiger partial charge in [-0.25, -0.2) is 0 Å². The predicted octanol–water partition coefficient (Wildman–Crippen LogP) is 1.12. The third-order valence-corrected chi connectivity index (χ3v) is 1.09. The average Bonchev–Trinajstić information content (AvgIpc) is 2.17. The summed E-state index contributed by atoms with van der Waals surface area (Å²) in [5, 5.41) is 3.93. The molecule has 0 aliphatic rings. The Bertz CT molecular complexity index is 254. The van der Waals surface area contributed by atoms with E-state index in [-0.39, 0.29) is 0 Å². The molecule has 0 fully saturated rings. The molecule has 1 rings (SSSR count). The van der Waals surface area contributed by atoms with Crippen molar-refractivity contribution < 1.29 is 0 Å². The van der Waals surface area contributed by atoms with Gasteiger partial charge in [0.05, 0.1) is 11.8 Å². The summed E-state index contributed by atoms with van der Waals surface area (Å²) < 4.78 is 1.71. The van der Waals surface area contributed by atoms with E-state index in [0.29, 0.717) is 0 Å². The standard InChI is InChI=1S/C6H5BrN2/c1-9-5-6(2-3-7)4-8-9/h4-5H,1H3. The van der Waals surface area contributed by atoms with Crippen LogP contribution in [0, 0.1) is 10.8 Å². The van der Waals surface area contributed by atoms with Crippen molar-refractivity contribution in [1.29, 1.82) is 0 Å². The highest BCUT2D eigenvalue weighted by Gasteiger charge is 1.86. The Labute approximate surface area is 62.0 Å². The maximum absolute atomic E-state index is 3.93. The van der Waals surface area contributed by atoms with Crippen molar-refractivity contribution >= 4 is 15.9 Å². The lowest BCUT2D eigenvalue weighted by molar-refractivity contribution is 0.767. The number of rotatable bonds is 0. The minimum absolute atomic E-state index is 0.925. The number of aromatic nitrogens is 2. The minimum atomic E-state index is 0.925. The van der Waals surface area contributed by atoms with E-state index in [0.717, 1.165) is 5.56 Å². The van der Waals surface area contributed by atoms with E-state index in [2.05, 4.69) is 31.8 Å². The van der Waals surface area contributed by atoms with Gasteiger partial charge in [0.15, 0.2) is 0 Å². The van der Waals surface area contributed by atoms with E-state index in [1.54, 1.807) is 10.9 Å². The van der Waals surface area contributed by atoms with Crippen LogP contribution in [0.1, 0.15) is 5.56 Å². The molecule has 0 aliphatic carbocycles. The Morgan fingerprint density at radius 1 is 1.78 bits per heavy atom. The quantitative estimate of drug-likeness (QED) is 0.554. The zero-order chi connectivity index (χ0) is 6.69. The normalized spacial score (nSPS) is 8.22. The van der Waals surface area contributed by atoms with Gasteiger partial charge in [0.2, 0.25) is 0 Å². The van der Waals surface area contributed by atoms with E-state index in [4.69, 9.17) is 0 Å². The zero-order valence-corrected chi connectivity index (χ0v) is 6.51. The molecule has 0 aliphatic heterocycles. The molecule has 1 aromatic rings. The second kappa shape index (κ2) is 2.70. The van der Waals surface area contributed by atoms with Crippen molar-refractivity contribution in [3.63, 3.8) is 0 Å². The van der Waals surface area contributed by atoms with Gasteiger partial charge in [-0.15, -0.1) is 0 Å². The van der Waals surface area contributed by atoms with Crippen LogP contribution >= 0.6 is 15.9 Å². The number of nitrogens with zero attached hydrogens (tertiary/aromatic N) is 2. The highest BCUT2D eigenvalue weighted by molar-refractivity contribution is 9.12. The van der Waals surface area contributed by atoms with Gasteiger partial charge in [-0.3, -0.25) is 4.68 Å². The van der Waals surface area contributed by atoms with E-state index in [1.165, 1.54) is 0 Å². The first-order valence-electron chi connectivity index (χ1n) is 2.43. The van der Waals surface area contributed by atoms with Crippen LogP contribution in [0.2, 0.25) is 0 Å². The van der Waals surface area contributed by atoms with Crippen LogP contribution in [0.5, 0.6) is 0 Å². The Hall–Kier alpha value is -0.750. The summed E-state index contributed by atoms with van der Waals surface area (Å²) in [6, 6.07) is 0. The largest absolute Gasteiger partial charge is 0.275 e. The molecule has 3 heteroatoms. The number of hydrogen-bond acceptors (Lipinski definition) is 1. The molecule has 0 saturated carbocycles. The van der Waals surface area contributed by atoms with Crippen molar-refractivity contribution in [1.82, 2.24) is 9.78 Å². The van der Waals surface area contributed by atoms with Crippen LogP contribution in [0.3, 0.4) is 0 Å². The van der Waals surface area contributed by atoms with Gasteiger partial charge in [-0.05, 0) is 4.83 Å². The first-order chi connectivity index (χ1) is 4.33. The minimum Gasteiger partial charge on any atom is -0.275 e. The van der Waals surface area contributed by atoms with Crippen molar-refractivity contribution in [3.05, 3.63) is 18.0 Å². The fourth-order valence-electron chi connectivity index (χ4n) is 0.540. The highest BCUT2D eigenvalue weighted by Crippen LogP contribution is 1.92. The molecular weight excluding hydrogens is 180 g/mol. The van der Waals surface area contributed by atoms with Gasteiger partial charge in [-0.1, -0.05) is 5.92 Å². The molecule has 1 aromatic heterocycles. The van der Waals surface area contributed by atoms with Crippen LogP contribution in [0.4, 0.5) is 0 Å². The van der Waals surface area contributed by atoms with Crippen molar-refractivity contribution in [2.75, 3.05) is 0 Å². The van der Waals surface area contributed by atoms with Crippen LogP contribution < -0.4 is 0 Å². The highest BCUT2D eigenvalue weighted by atomic mass is 79.9. The molecule has 0 unspecified atom stereocenters. The van der Waals surface area contributed by atoms with E-state index < -0.39 is 0 Å². The summed E-state index contributed by atoms with van der Waals surface area (Å²) >= 11 is 3.00. The molecular formula is C6H5BrN2. The molecule has 46 valence electrons. The summed E-state index contributed by atoms with van der Waals surface area (Å²) in [7, 11) is 1.86. The van der Waals surface area contributed by atoms with Crippen LogP contribution in [0.25, 0.3) is 0 Å². The summed E-state index contributed by atoms with van der Waals surface area (Å²) in [4.78, 5) is 2.61. The molecule has 0 radical (unpaired) electrons. The molecule has 0 atom stereocenters. The molecule has 9 heavy (non-hydrogen) atoms. The fourth-order valence-corrected chi connectivity index (χ4v) is 0.769. The maximum Gasteiger partial charge on any atom is 0.0646 e. The molecule has 0 amide bonds. The Morgan fingerprint density at radius 3 is 3.00 bits per heavy atom. The molecule has 1 heterocycles. The lowest BCUT2D eigenvalue weighted by atomic mass is 10.4. The van der Waals surface area contributed by atoms with E-state index >= 15 is 0 Å². The van der Waals surface area contributed by atoms with Crippen LogP contribution in [0.15, 0.2) is 12.4 Å². The number of aryl methyl sites for hydroxylation is 1. The summed E-state index contributed by atoms with van der Waals surface area (Å²) in [5.74, 6) is 2.81. The SMILES string of the molecule is Cn1cc(C#CBr)cn1. The molecule has 0 spiro atoms. The van der Waals surface area contributed by atoms with Crippen molar-refractivity contribution in [3.8, 4) is 10.8 Å². The zero-order valence-electron chi connectivity index (χ0n) is 4.93. The predicted molar refractivity (Wildman–Crippen MR) is 39.0 cm³/mol. The van der Waals surface area contributed by atoms with Gasteiger partial charge >= 0.3 is 0 Å². The molecule has 2 nitrogen and oxygen atoms in total. The Balaban J connectivity index is 2.93. The van der Waals surface area contributed by atoms with Gasteiger partial charge < -0.3 is 0 Å². The average molecular weight is 185 g/mol. The lowest BCUT2D eigenvalue weighted by Crippen LogP contribution is -1.83. The van der Waals surface area contributed by atoms with E-state index in [9.17, 15) is 0 Å². The van der Waals surface area contributed by atoms with Crippen molar-refractivity contribution in [2.45, 2.75) is 0 Å². The van der Waals surface area contributed by atoms with Gasteiger partial charge in [0.25, 0.3) is 0 Å². The fraction of sp³-hybridized carbons (Fsp3) is 0.167. The summed E-state index contributed by atoms with van der Waals surface area (Å²) in [6.45, 7) is 0. The lowest BCUT2D eigenvalue weighted by Gasteiger charge is -1.78. The van der Waals surface area contributed by atoms with Crippen LogP contribution in [-0.2, 0) is 7.05 Å². The second-order valence-corrected chi connectivity index (χ2v) is 2.02. The smallest absolute Gasteiger partial charge is 0.0646 e. The van der Waals surface area contributed by atoms with Crippen LogP contribution in [-0.4, -0.2) is 9.78 Å². The second-order valence-electron chi connectivity index (χ2n) is 1.62. The number of halogens is 1. The monoisotopic (exact) mass is 184 g/mol. The Morgan fingerprint density at radius 2 is 2.56 bits per heavy atom. The first-order valence-corrected chi connectivity index (χ1v) is 3.22.